The molecule has 6 nitrogen and oxygen atoms in total. The van der Waals surface area contributed by atoms with Crippen molar-refractivity contribution in [1.29, 1.82) is 0 Å². The number of hydrogen-bond donors (Lipinski definition) is 1. The van der Waals surface area contributed by atoms with Crippen LogP contribution in [-0.4, -0.2) is 41.2 Å². The Hall–Kier alpha value is -2.99. The molecule has 0 amide bonds. The zero-order chi connectivity index (χ0) is 19.5. The molecule has 1 aliphatic heterocycles. The van der Waals surface area contributed by atoms with Crippen LogP contribution in [-0.2, 0) is 9.53 Å². The second-order valence-electron chi connectivity index (χ2n) is 7.22. The van der Waals surface area contributed by atoms with Crippen LogP contribution in [0.25, 0.3) is 22.0 Å². The molecule has 2 heterocycles. The van der Waals surface area contributed by atoms with Crippen molar-refractivity contribution in [1.82, 2.24) is 9.97 Å². The van der Waals surface area contributed by atoms with Crippen LogP contribution in [0.2, 0.25) is 0 Å². The predicted molar refractivity (Wildman–Crippen MR) is 110 cm³/mol. The SMILES string of the molecule is C[C@H](N)C(=O)OC1CCN(c2nccc(-c3ccc4ccccc4c3)n2)CC1. The van der Waals surface area contributed by atoms with Gasteiger partial charge in [0.1, 0.15) is 12.1 Å². The minimum atomic E-state index is -0.583. The summed E-state index contributed by atoms with van der Waals surface area (Å²) in [6, 6.07) is 16.0. The number of esters is 1. The van der Waals surface area contributed by atoms with E-state index in [-0.39, 0.29) is 12.1 Å². The molecule has 0 aliphatic carbocycles. The molecule has 2 aromatic carbocycles. The number of benzene rings is 2. The summed E-state index contributed by atoms with van der Waals surface area (Å²) in [6.45, 7) is 3.14. The second-order valence-corrected chi connectivity index (χ2v) is 7.22. The number of hydrogen-bond acceptors (Lipinski definition) is 6. The van der Waals surface area contributed by atoms with Crippen molar-refractivity contribution in [2.45, 2.75) is 31.9 Å². The Morgan fingerprint density at radius 2 is 1.89 bits per heavy atom. The van der Waals surface area contributed by atoms with Crippen molar-refractivity contribution in [3.63, 3.8) is 0 Å². The molecule has 144 valence electrons. The van der Waals surface area contributed by atoms with E-state index in [9.17, 15) is 4.79 Å². The summed E-state index contributed by atoms with van der Waals surface area (Å²) in [5.74, 6) is 0.371. The quantitative estimate of drug-likeness (QED) is 0.705. The highest BCUT2D eigenvalue weighted by atomic mass is 16.5. The highest BCUT2D eigenvalue weighted by molar-refractivity contribution is 5.86. The lowest BCUT2D eigenvalue weighted by Gasteiger charge is -2.32. The van der Waals surface area contributed by atoms with Crippen LogP contribution in [0.3, 0.4) is 0 Å². The number of nitrogens with zero attached hydrogens (tertiary/aromatic N) is 3. The summed E-state index contributed by atoms with van der Waals surface area (Å²) < 4.78 is 5.44. The molecule has 0 radical (unpaired) electrons. The van der Waals surface area contributed by atoms with Crippen molar-refractivity contribution in [3.05, 3.63) is 54.7 Å². The Morgan fingerprint density at radius 1 is 1.14 bits per heavy atom. The molecule has 4 rings (SSSR count). The number of carbonyl (C=O) groups is 1. The van der Waals surface area contributed by atoms with Gasteiger partial charge in [-0.05, 0) is 29.8 Å². The van der Waals surface area contributed by atoms with E-state index < -0.39 is 6.04 Å². The fraction of sp³-hybridized carbons (Fsp3) is 0.318. The van der Waals surface area contributed by atoms with Crippen molar-refractivity contribution >= 4 is 22.7 Å². The normalized spacial score (nSPS) is 16.1. The molecule has 1 aromatic heterocycles. The summed E-state index contributed by atoms with van der Waals surface area (Å²) in [5, 5.41) is 2.40. The highest BCUT2D eigenvalue weighted by Crippen LogP contribution is 2.25. The van der Waals surface area contributed by atoms with Crippen molar-refractivity contribution in [2.75, 3.05) is 18.0 Å². The van der Waals surface area contributed by atoms with Crippen LogP contribution in [0.1, 0.15) is 19.8 Å². The van der Waals surface area contributed by atoms with Crippen LogP contribution < -0.4 is 10.6 Å². The molecule has 0 spiro atoms. The third kappa shape index (κ3) is 3.97. The summed E-state index contributed by atoms with van der Waals surface area (Å²) >= 11 is 0. The first-order valence-electron chi connectivity index (χ1n) is 9.63. The van der Waals surface area contributed by atoms with Crippen LogP contribution in [0.5, 0.6) is 0 Å². The zero-order valence-corrected chi connectivity index (χ0v) is 15.9. The van der Waals surface area contributed by atoms with Gasteiger partial charge in [0, 0.05) is 37.7 Å². The van der Waals surface area contributed by atoms with E-state index in [1.807, 2.05) is 18.2 Å². The topological polar surface area (TPSA) is 81.3 Å². The molecule has 1 saturated heterocycles. The van der Waals surface area contributed by atoms with Gasteiger partial charge in [-0.15, -0.1) is 0 Å². The average molecular weight is 376 g/mol. The molecule has 0 unspecified atom stereocenters. The molecule has 2 N–H and O–H groups in total. The minimum Gasteiger partial charge on any atom is -0.461 e. The van der Waals surface area contributed by atoms with Gasteiger partial charge >= 0.3 is 5.97 Å². The van der Waals surface area contributed by atoms with Gasteiger partial charge in [-0.1, -0.05) is 36.4 Å². The summed E-state index contributed by atoms with van der Waals surface area (Å²) in [5.41, 5.74) is 7.55. The first-order chi connectivity index (χ1) is 13.6. The number of piperidine rings is 1. The number of carbonyl (C=O) groups excluding carboxylic acids is 1. The van der Waals surface area contributed by atoms with E-state index in [0.717, 1.165) is 37.2 Å². The number of ether oxygens (including phenoxy) is 1. The van der Waals surface area contributed by atoms with Gasteiger partial charge < -0.3 is 15.4 Å². The van der Waals surface area contributed by atoms with Gasteiger partial charge in [-0.2, -0.15) is 0 Å². The summed E-state index contributed by atoms with van der Waals surface area (Å²) in [6.07, 6.45) is 3.22. The van der Waals surface area contributed by atoms with Gasteiger partial charge in [0.2, 0.25) is 5.95 Å². The van der Waals surface area contributed by atoms with Crippen LogP contribution >= 0.6 is 0 Å². The first-order valence-corrected chi connectivity index (χ1v) is 9.63. The second kappa shape index (κ2) is 7.94. The zero-order valence-electron chi connectivity index (χ0n) is 15.9. The van der Waals surface area contributed by atoms with Gasteiger partial charge in [0.15, 0.2) is 0 Å². The lowest BCUT2D eigenvalue weighted by molar-refractivity contribution is -0.151. The lowest BCUT2D eigenvalue weighted by atomic mass is 10.1. The van der Waals surface area contributed by atoms with Gasteiger partial charge in [0.25, 0.3) is 0 Å². The van der Waals surface area contributed by atoms with E-state index in [1.165, 1.54) is 10.8 Å². The standard InChI is InChI=1S/C22H24N4O2/c1-15(23)21(27)28-19-9-12-26(13-10-19)22-24-11-8-20(25-22)18-7-6-16-4-2-3-5-17(16)14-18/h2-8,11,14-15,19H,9-10,12-13,23H2,1H3/t15-/m0/s1. The molecule has 0 bridgehead atoms. The molecular weight excluding hydrogens is 352 g/mol. The maximum atomic E-state index is 11.7. The number of aromatic nitrogens is 2. The van der Waals surface area contributed by atoms with E-state index in [0.29, 0.717) is 5.95 Å². The van der Waals surface area contributed by atoms with Crippen LogP contribution in [0.4, 0.5) is 5.95 Å². The molecule has 3 aromatic rings. The maximum absolute atomic E-state index is 11.7. The maximum Gasteiger partial charge on any atom is 0.322 e. The fourth-order valence-corrected chi connectivity index (χ4v) is 3.46. The fourth-order valence-electron chi connectivity index (χ4n) is 3.46. The molecule has 0 saturated carbocycles. The first kappa shape index (κ1) is 18.4. The highest BCUT2D eigenvalue weighted by Gasteiger charge is 2.25. The predicted octanol–water partition coefficient (Wildman–Crippen LogP) is 3.16. The van der Waals surface area contributed by atoms with Crippen molar-refractivity contribution < 1.29 is 9.53 Å². The summed E-state index contributed by atoms with van der Waals surface area (Å²) in [7, 11) is 0. The minimum absolute atomic E-state index is 0.0848. The lowest BCUT2D eigenvalue weighted by Crippen LogP contribution is -2.41. The van der Waals surface area contributed by atoms with E-state index >= 15 is 0 Å². The Morgan fingerprint density at radius 3 is 2.64 bits per heavy atom. The Bertz CT molecular complexity index is 981. The van der Waals surface area contributed by atoms with Gasteiger partial charge in [0.05, 0.1) is 5.69 Å². The third-order valence-electron chi connectivity index (χ3n) is 5.07. The van der Waals surface area contributed by atoms with Gasteiger partial charge in [-0.25, -0.2) is 9.97 Å². The van der Waals surface area contributed by atoms with E-state index in [4.69, 9.17) is 15.5 Å². The van der Waals surface area contributed by atoms with Crippen molar-refractivity contribution in [3.8, 4) is 11.3 Å². The Balaban J connectivity index is 1.47. The smallest absolute Gasteiger partial charge is 0.322 e. The molecule has 1 aliphatic rings. The van der Waals surface area contributed by atoms with E-state index in [1.54, 1.807) is 13.1 Å². The van der Waals surface area contributed by atoms with Crippen LogP contribution in [0.15, 0.2) is 54.7 Å². The molecule has 28 heavy (non-hydrogen) atoms. The monoisotopic (exact) mass is 376 g/mol. The molecular formula is C22H24N4O2. The Labute approximate surface area is 164 Å². The number of rotatable bonds is 4. The molecule has 1 fully saturated rings. The van der Waals surface area contributed by atoms with Gasteiger partial charge in [-0.3, -0.25) is 4.79 Å². The average Bonchev–Trinajstić information content (AvgIpc) is 2.74. The van der Waals surface area contributed by atoms with Crippen LogP contribution in [0, 0.1) is 0 Å². The third-order valence-corrected chi connectivity index (χ3v) is 5.07. The summed E-state index contributed by atoms with van der Waals surface area (Å²) in [4.78, 5) is 23.0. The largest absolute Gasteiger partial charge is 0.461 e. The molecule has 6 heteroatoms. The number of anilines is 1. The molecule has 1 atom stereocenters. The number of nitrogens with two attached hydrogens (primary N) is 1. The van der Waals surface area contributed by atoms with E-state index in [2.05, 4.69) is 40.2 Å². The van der Waals surface area contributed by atoms with Crippen molar-refractivity contribution in [2.24, 2.45) is 5.73 Å². The number of fused-ring (bicyclic) bond motifs is 1. The Kier molecular flexibility index (Phi) is 5.21.